The minimum absolute atomic E-state index is 0.319. The number of hydrogen-bond donors (Lipinski definition) is 0. The van der Waals surface area contributed by atoms with Crippen LogP contribution < -0.4 is 5.30 Å². The van der Waals surface area contributed by atoms with Crippen molar-refractivity contribution in [2.75, 3.05) is 32.2 Å². The maximum absolute atomic E-state index is 12.6. The van der Waals surface area contributed by atoms with Crippen LogP contribution in [0.25, 0.3) is 0 Å². The molecule has 0 N–H and O–H groups in total. The minimum Gasteiger partial charge on any atom is -0.319 e. The van der Waals surface area contributed by atoms with Crippen molar-refractivity contribution >= 4 is 20.0 Å². The van der Waals surface area contributed by atoms with Gasteiger partial charge in [-0.1, -0.05) is 30.3 Å². The van der Waals surface area contributed by atoms with Crippen LogP contribution in [-0.2, 0) is 18.2 Å². The Morgan fingerprint density at radius 1 is 0.950 bits per heavy atom. The molecular weight excluding hydrogens is 294 g/mol. The van der Waals surface area contributed by atoms with Gasteiger partial charge in [-0.25, -0.2) is 0 Å². The highest BCUT2D eigenvalue weighted by molar-refractivity contribution is 7.70. The van der Waals surface area contributed by atoms with Crippen LogP contribution in [0.2, 0.25) is 0 Å². The highest BCUT2D eigenvalue weighted by Crippen LogP contribution is 2.50. The first-order chi connectivity index (χ1) is 9.43. The molecular formula is C14H24O4P2. The Morgan fingerprint density at radius 3 is 2.00 bits per heavy atom. The smallest absolute Gasteiger partial charge is 0.319 e. The third kappa shape index (κ3) is 5.54. The quantitative estimate of drug-likeness (QED) is 0.647. The van der Waals surface area contributed by atoms with Crippen molar-refractivity contribution in [3.05, 3.63) is 30.3 Å². The second-order valence-corrected chi connectivity index (χ2v) is 10.0. The largest absolute Gasteiger partial charge is 0.330 e. The molecule has 6 heteroatoms. The van der Waals surface area contributed by atoms with E-state index in [1.165, 1.54) is 0 Å². The zero-order valence-corrected chi connectivity index (χ0v) is 14.2. The van der Waals surface area contributed by atoms with E-state index in [4.69, 9.17) is 9.05 Å². The number of hydrogen-bond acceptors (Lipinski definition) is 4. The second-order valence-electron chi connectivity index (χ2n) is 4.68. The average Bonchev–Trinajstić information content (AvgIpc) is 2.40. The van der Waals surface area contributed by atoms with Gasteiger partial charge in [0.2, 0.25) is 0 Å². The van der Waals surface area contributed by atoms with Gasteiger partial charge in [0.05, 0.1) is 19.4 Å². The third-order valence-corrected chi connectivity index (χ3v) is 7.70. The van der Waals surface area contributed by atoms with E-state index in [-0.39, 0.29) is 0 Å². The van der Waals surface area contributed by atoms with Crippen LogP contribution in [0.15, 0.2) is 30.3 Å². The fraction of sp³-hybridized carbons (Fsp3) is 0.571. The topological polar surface area (TPSA) is 52.6 Å². The Balaban J connectivity index is 2.58. The van der Waals surface area contributed by atoms with Gasteiger partial charge in [0, 0.05) is 11.5 Å². The van der Waals surface area contributed by atoms with Crippen LogP contribution in [0.4, 0.5) is 0 Å². The molecule has 0 aromatic heterocycles. The van der Waals surface area contributed by atoms with Crippen LogP contribution in [-0.4, -0.2) is 32.2 Å². The van der Waals surface area contributed by atoms with Crippen LogP contribution >= 0.6 is 14.7 Å². The zero-order valence-electron chi connectivity index (χ0n) is 12.4. The molecule has 1 unspecified atom stereocenters. The molecule has 1 aromatic carbocycles. The second kappa shape index (κ2) is 8.14. The van der Waals surface area contributed by atoms with E-state index in [1.54, 1.807) is 20.5 Å². The van der Waals surface area contributed by atoms with Crippen molar-refractivity contribution in [3.8, 4) is 0 Å². The fourth-order valence-corrected chi connectivity index (χ4v) is 5.74. The lowest BCUT2D eigenvalue weighted by Gasteiger charge is -2.18. The highest BCUT2D eigenvalue weighted by Gasteiger charge is 2.25. The summed E-state index contributed by atoms with van der Waals surface area (Å²) in [5, 5.41) is 0.864. The maximum atomic E-state index is 12.6. The summed E-state index contributed by atoms with van der Waals surface area (Å²) < 4.78 is 35.4. The van der Waals surface area contributed by atoms with E-state index in [9.17, 15) is 9.13 Å². The molecule has 1 rings (SSSR count). The van der Waals surface area contributed by atoms with Crippen LogP contribution in [0.1, 0.15) is 20.3 Å². The first kappa shape index (κ1) is 17.7. The van der Waals surface area contributed by atoms with Gasteiger partial charge < -0.3 is 13.6 Å². The summed E-state index contributed by atoms with van der Waals surface area (Å²) in [5.41, 5.74) is 0. The minimum atomic E-state index is -3.02. The summed E-state index contributed by atoms with van der Waals surface area (Å²) in [6.07, 6.45) is 1.40. The molecule has 0 aliphatic rings. The molecule has 1 atom stereocenters. The molecule has 0 fully saturated rings. The molecule has 0 heterocycles. The molecule has 1 aromatic rings. The van der Waals surface area contributed by atoms with Gasteiger partial charge in [0.1, 0.15) is 7.14 Å². The normalized spacial score (nSPS) is 14.9. The zero-order chi connectivity index (χ0) is 15.1. The highest BCUT2D eigenvalue weighted by atomic mass is 31.2. The lowest BCUT2D eigenvalue weighted by Crippen LogP contribution is -2.08. The molecule has 0 bridgehead atoms. The molecule has 0 saturated carbocycles. The summed E-state index contributed by atoms with van der Waals surface area (Å²) in [6.45, 7) is 6.08. The summed E-state index contributed by atoms with van der Waals surface area (Å²) in [6, 6.07) is 9.44. The van der Waals surface area contributed by atoms with Crippen molar-refractivity contribution < 1.29 is 18.2 Å². The van der Waals surface area contributed by atoms with E-state index >= 15 is 0 Å². The van der Waals surface area contributed by atoms with E-state index in [2.05, 4.69) is 0 Å². The lowest BCUT2D eigenvalue weighted by atomic mass is 10.4. The van der Waals surface area contributed by atoms with Gasteiger partial charge in [-0.15, -0.1) is 0 Å². The first-order valence-corrected chi connectivity index (χ1v) is 11.0. The Labute approximate surface area is 121 Å². The molecule has 0 saturated heterocycles. The summed E-state index contributed by atoms with van der Waals surface area (Å²) in [4.78, 5) is 0. The average molecular weight is 318 g/mol. The SMILES string of the molecule is CCOP(=O)(CCCP(C)(=O)c1ccccc1)OCC. The van der Waals surface area contributed by atoms with Crippen LogP contribution in [0, 0.1) is 0 Å². The van der Waals surface area contributed by atoms with Crippen LogP contribution in [0.3, 0.4) is 0 Å². The van der Waals surface area contributed by atoms with E-state index in [0.717, 1.165) is 5.30 Å². The van der Waals surface area contributed by atoms with Gasteiger partial charge in [0.25, 0.3) is 0 Å². The fourth-order valence-electron chi connectivity index (χ4n) is 2.00. The van der Waals surface area contributed by atoms with Gasteiger partial charge >= 0.3 is 7.60 Å². The van der Waals surface area contributed by atoms with Gasteiger partial charge in [0.15, 0.2) is 0 Å². The van der Waals surface area contributed by atoms with Crippen LogP contribution in [0.5, 0.6) is 0 Å². The van der Waals surface area contributed by atoms with Crippen molar-refractivity contribution in [1.29, 1.82) is 0 Å². The molecule has 20 heavy (non-hydrogen) atoms. The predicted molar refractivity (Wildman–Crippen MR) is 84.8 cm³/mol. The maximum Gasteiger partial charge on any atom is 0.330 e. The molecule has 0 aliphatic heterocycles. The van der Waals surface area contributed by atoms with Crippen molar-refractivity contribution in [2.45, 2.75) is 20.3 Å². The van der Waals surface area contributed by atoms with Gasteiger partial charge in [-0.05, 0) is 26.9 Å². The number of rotatable bonds is 9. The molecule has 0 spiro atoms. The van der Waals surface area contributed by atoms with Crippen molar-refractivity contribution in [1.82, 2.24) is 0 Å². The summed E-state index contributed by atoms with van der Waals surface area (Å²) >= 11 is 0. The van der Waals surface area contributed by atoms with Gasteiger partial charge in [-0.3, -0.25) is 4.57 Å². The summed E-state index contributed by atoms with van der Waals surface area (Å²) in [7, 11) is -5.42. The molecule has 4 nitrogen and oxygen atoms in total. The van der Waals surface area contributed by atoms with Crippen molar-refractivity contribution in [3.63, 3.8) is 0 Å². The molecule has 0 aliphatic carbocycles. The van der Waals surface area contributed by atoms with E-state index in [0.29, 0.717) is 32.0 Å². The Kier molecular flexibility index (Phi) is 7.19. The molecule has 0 radical (unpaired) electrons. The standard InChI is InChI=1S/C14H24O4P2/c1-4-17-20(16,18-5-2)13-9-12-19(3,15)14-10-7-6-8-11-14/h6-8,10-11H,4-5,9,12-13H2,1-3H3. The molecule has 114 valence electrons. The molecule has 0 amide bonds. The first-order valence-electron chi connectivity index (χ1n) is 6.94. The number of benzene rings is 1. The lowest BCUT2D eigenvalue weighted by molar-refractivity contribution is 0.220. The summed E-state index contributed by atoms with van der Waals surface area (Å²) in [5.74, 6) is 0. The third-order valence-electron chi connectivity index (χ3n) is 2.97. The van der Waals surface area contributed by atoms with Gasteiger partial charge in [-0.2, -0.15) is 0 Å². The van der Waals surface area contributed by atoms with E-state index in [1.807, 2.05) is 30.3 Å². The Morgan fingerprint density at radius 2 is 1.50 bits per heavy atom. The Hall–Kier alpha value is -0.400. The monoisotopic (exact) mass is 318 g/mol. The van der Waals surface area contributed by atoms with E-state index < -0.39 is 14.7 Å². The Bertz CT molecular complexity index is 477. The predicted octanol–water partition coefficient (Wildman–Crippen LogP) is 3.96. The van der Waals surface area contributed by atoms with Crippen molar-refractivity contribution in [2.24, 2.45) is 0 Å².